The van der Waals surface area contributed by atoms with E-state index in [2.05, 4.69) is 9.88 Å². The molecule has 0 bridgehead atoms. The van der Waals surface area contributed by atoms with Crippen LogP contribution in [0.3, 0.4) is 0 Å². The van der Waals surface area contributed by atoms with Crippen LogP contribution in [-0.4, -0.2) is 71.3 Å². The molecular weight excluding hydrogens is 300 g/mol. The predicted octanol–water partition coefficient (Wildman–Crippen LogP) is 0.656. The second-order valence-electron chi connectivity index (χ2n) is 6.50. The van der Waals surface area contributed by atoms with Crippen LogP contribution in [0.25, 0.3) is 0 Å². The van der Waals surface area contributed by atoms with E-state index in [9.17, 15) is 9.59 Å². The van der Waals surface area contributed by atoms with E-state index in [4.69, 9.17) is 0 Å². The number of hydrogen-bond donors (Lipinski definition) is 0. The Hall–Kier alpha value is -1.47. The third-order valence-electron chi connectivity index (χ3n) is 4.58. The van der Waals surface area contributed by atoms with Crippen LogP contribution in [0.4, 0.5) is 0 Å². The number of amides is 2. The van der Waals surface area contributed by atoms with Crippen molar-refractivity contribution < 1.29 is 9.59 Å². The topological polar surface area (TPSA) is 56.8 Å². The first kappa shape index (κ1) is 15.4. The third-order valence-corrected chi connectivity index (χ3v) is 5.35. The van der Waals surface area contributed by atoms with E-state index < -0.39 is 0 Å². The molecule has 1 spiro atoms. The first-order chi connectivity index (χ1) is 10.5. The monoisotopic (exact) mass is 322 g/mol. The first-order valence-electron chi connectivity index (χ1n) is 7.58. The lowest BCUT2D eigenvalue weighted by atomic mass is 9.86. The Morgan fingerprint density at radius 2 is 2.18 bits per heavy atom. The fourth-order valence-corrected chi connectivity index (χ4v) is 4.25. The molecule has 22 heavy (non-hydrogen) atoms. The highest BCUT2D eigenvalue weighted by molar-refractivity contribution is 7.09. The third kappa shape index (κ3) is 3.15. The predicted molar refractivity (Wildman–Crippen MR) is 84.3 cm³/mol. The lowest BCUT2D eigenvalue weighted by molar-refractivity contribution is -0.130. The van der Waals surface area contributed by atoms with Gasteiger partial charge in [-0.15, -0.1) is 11.3 Å². The van der Waals surface area contributed by atoms with Gasteiger partial charge in [-0.1, -0.05) is 0 Å². The minimum absolute atomic E-state index is 0.0949. The Kier molecular flexibility index (Phi) is 4.18. The molecule has 2 fully saturated rings. The van der Waals surface area contributed by atoms with Crippen LogP contribution in [0.15, 0.2) is 11.6 Å². The van der Waals surface area contributed by atoms with E-state index in [1.165, 1.54) is 0 Å². The van der Waals surface area contributed by atoms with Crippen molar-refractivity contribution in [2.45, 2.75) is 19.9 Å². The quantitative estimate of drug-likeness (QED) is 0.802. The molecule has 1 aromatic heterocycles. The van der Waals surface area contributed by atoms with Crippen LogP contribution in [0.5, 0.6) is 0 Å². The average molecular weight is 322 g/mol. The van der Waals surface area contributed by atoms with Crippen molar-refractivity contribution in [1.82, 2.24) is 19.7 Å². The Balaban J connectivity index is 1.80. The number of carbonyl (C=O) groups is 2. The molecule has 0 unspecified atom stereocenters. The molecule has 2 aliphatic heterocycles. The summed E-state index contributed by atoms with van der Waals surface area (Å²) >= 11 is 1.65. The number of nitrogens with zero attached hydrogens (tertiary/aromatic N) is 4. The van der Waals surface area contributed by atoms with Crippen LogP contribution in [0.1, 0.15) is 18.4 Å². The van der Waals surface area contributed by atoms with E-state index in [1.54, 1.807) is 23.2 Å². The molecule has 1 aromatic rings. The maximum Gasteiger partial charge on any atom is 0.223 e. The summed E-state index contributed by atoms with van der Waals surface area (Å²) in [5.41, 5.74) is -0.148. The fourth-order valence-electron chi connectivity index (χ4n) is 3.59. The molecule has 7 heteroatoms. The first-order valence-corrected chi connectivity index (χ1v) is 8.46. The molecule has 0 aliphatic carbocycles. The van der Waals surface area contributed by atoms with Crippen molar-refractivity contribution in [1.29, 1.82) is 0 Å². The lowest BCUT2D eigenvalue weighted by Crippen LogP contribution is -2.43. The average Bonchev–Trinajstić information content (AvgIpc) is 2.98. The van der Waals surface area contributed by atoms with Crippen LogP contribution >= 0.6 is 11.3 Å². The highest BCUT2D eigenvalue weighted by atomic mass is 32.1. The minimum Gasteiger partial charge on any atom is -0.345 e. The van der Waals surface area contributed by atoms with Crippen molar-refractivity contribution in [3.63, 3.8) is 0 Å². The normalized spacial score (nSPS) is 26.7. The second kappa shape index (κ2) is 5.96. The molecule has 0 aromatic carbocycles. The zero-order chi connectivity index (χ0) is 15.7. The zero-order valence-electron chi connectivity index (χ0n) is 13.1. The minimum atomic E-state index is -0.148. The van der Waals surface area contributed by atoms with Gasteiger partial charge >= 0.3 is 0 Å². The van der Waals surface area contributed by atoms with Crippen molar-refractivity contribution in [2.75, 3.05) is 39.8 Å². The van der Waals surface area contributed by atoms with Crippen molar-refractivity contribution in [3.8, 4) is 0 Å². The summed E-state index contributed by atoms with van der Waals surface area (Å²) in [5.74, 6) is 0.275. The van der Waals surface area contributed by atoms with Gasteiger partial charge in [0.05, 0.1) is 6.54 Å². The van der Waals surface area contributed by atoms with E-state index in [0.717, 1.165) is 37.7 Å². The van der Waals surface area contributed by atoms with Gasteiger partial charge in [-0.2, -0.15) is 0 Å². The Bertz CT molecular complexity index is 562. The molecule has 2 aliphatic rings. The summed E-state index contributed by atoms with van der Waals surface area (Å²) in [6.07, 6.45) is 2.35. The van der Waals surface area contributed by atoms with E-state index in [0.29, 0.717) is 13.0 Å². The number of aromatic nitrogens is 1. The summed E-state index contributed by atoms with van der Waals surface area (Å²) in [6, 6.07) is 0. The summed E-state index contributed by atoms with van der Waals surface area (Å²) in [7, 11) is 1.85. The number of rotatable bonds is 2. The van der Waals surface area contributed by atoms with Crippen LogP contribution in [0.2, 0.25) is 0 Å². The number of carbonyl (C=O) groups excluding carboxylic acids is 2. The van der Waals surface area contributed by atoms with Gasteiger partial charge in [0.15, 0.2) is 0 Å². The number of hydrogen-bond acceptors (Lipinski definition) is 5. The molecule has 0 saturated carbocycles. The summed E-state index contributed by atoms with van der Waals surface area (Å²) in [4.78, 5) is 34.3. The summed E-state index contributed by atoms with van der Waals surface area (Å²) in [6.45, 7) is 6.20. The van der Waals surface area contributed by atoms with Gasteiger partial charge in [0.1, 0.15) is 5.01 Å². The van der Waals surface area contributed by atoms with E-state index in [-0.39, 0.29) is 17.2 Å². The van der Waals surface area contributed by atoms with Gasteiger partial charge in [-0.3, -0.25) is 14.5 Å². The molecular formula is C15H22N4O2S. The molecule has 120 valence electrons. The van der Waals surface area contributed by atoms with Crippen LogP contribution in [0, 0.1) is 5.41 Å². The molecule has 2 amide bonds. The molecule has 0 radical (unpaired) electrons. The largest absolute Gasteiger partial charge is 0.345 e. The summed E-state index contributed by atoms with van der Waals surface area (Å²) in [5, 5.41) is 3.07. The van der Waals surface area contributed by atoms with E-state index >= 15 is 0 Å². The standard InChI is InChI=1S/C15H22N4O2S/c1-12(20)19-5-4-18(8-13-16-3-6-22-13)10-15(11-19)7-14(21)17(2)9-15/h3,6H,4-5,7-11H2,1-2H3/t15-/m0/s1. The van der Waals surface area contributed by atoms with Gasteiger partial charge in [-0.25, -0.2) is 4.98 Å². The highest BCUT2D eigenvalue weighted by Crippen LogP contribution is 2.34. The SMILES string of the molecule is CC(=O)N1CCN(Cc2nccs2)C[C@@]2(CC(=O)N(C)C2)C1. The Morgan fingerprint density at radius 1 is 1.36 bits per heavy atom. The van der Waals surface area contributed by atoms with Gasteiger partial charge < -0.3 is 9.80 Å². The zero-order valence-corrected chi connectivity index (χ0v) is 13.9. The molecule has 3 rings (SSSR count). The molecule has 3 heterocycles. The van der Waals surface area contributed by atoms with Gasteiger partial charge in [0.2, 0.25) is 11.8 Å². The van der Waals surface area contributed by atoms with E-state index in [1.807, 2.05) is 23.5 Å². The van der Waals surface area contributed by atoms with Crippen LogP contribution in [-0.2, 0) is 16.1 Å². The molecule has 2 saturated heterocycles. The van der Waals surface area contributed by atoms with Gasteiger partial charge in [0, 0.05) is 70.1 Å². The Morgan fingerprint density at radius 3 is 2.77 bits per heavy atom. The molecule has 1 atom stereocenters. The molecule has 0 N–H and O–H groups in total. The van der Waals surface area contributed by atoms with Crippen molar-refractivity contribution in [3.05, 3.63) is 16.6 Å². The van der Waals surface area contributed by atoms with Crippen LogP contribution < -0.4 is 0 Å². The molecule has 6 nitrogen and oxygen atoms in total. The smallest absolute Gasteiger partial charge is 0.223 e. The summed E-state index contributed by atoms with van der Waals surface area (Å²) < 4.78 is 0. The Labute approximate surface area is 134 Å². The van der Waals surface area contributed by atoms with Gasteiger partial charge in [-0.05, 0) is 0 Å². The number of likely N-dealkylation sites (tertiary alicyclic amines) is 1. The van der Waals surface area contributed by atoms with Crippen molar-refractivity contribution >= 4 is 23.2 Å². The lowest BCUT2D eigenvalue weighted by Gasteiger charge is -2.33. The second-order valence-corrected chi connectivity index (χ2v) is 7.48. The maximum atomic E-state index is 12.1. The fraction of sp³-hybridized carbons (Fsp3) is 0.667. The maximum absolute atomic E-state index is 12.1. The van der Waals surface area contributed by atoms with Crippen molar-refractivity contribution in [2.24, 2.45) is 5.41 Å². The van der Waals surface area contributed by atoms with Gasteiger partial charge in [0.25, 0.3) is 0 Å². The highest BCUT2D eigenvalue weighted by Gasteiger charge is 2.45. The number of thiazole rings is 1.